The zero-order valence-corrected chi connectivity index (χ0v) is 12.8. The van der Waals surface area contributed by atoms with Crippen LogP contribution in [0.15, 0.2) is 28.9 Å². The largest absolute Gasteiger partial charge is 0.469 e. The van der Waals surface area contributed by atoms with Crippen LogP contribution in [0.25, 0.3) is 0 Å². The van der Waals surface area contributed by atoms with E-state index in [-0.39, 0.29) is 11.9 Å². The van der Waals surface area contributed by atoms with Crippen LogP contribution in [0.2, 0.25) is 0 Å². The van der Waals surface area contributed by atoms with Crippen molar-refractivity contribution in [3.8, 4) is 0 Å². The fourth-order valence-electron chi connectivity index (χ4n) is 1.83. The van der Waals surface area contributed by atoms with E-state index in [2.05, 4.69) is 5.32 Å². The first-order chi connectivity index (χ1) is 10.1. The van der Waals surface area contributed by atoms with Crippen LogP contribution in [-0.2, 0) is 16.0 Å². The quantitative estimate of drug-likeness (QED) is 0.830. The molecule has 0 aliphatic carbocycles. The Morgan fingerprint density at radius 2 is 2.24 bits per heavy atom. The minimum Gasteiger partial charge on any atom is -0.469 e. The average Bonchev–Trinajstić information content (AvgIpc) is 3.06. The summed E-state index contributed by atoms with van der Waals surface area (Å²) >= 11 is 1.23. The number of ether oxygens (including phenoxy) is 1. The van der Waals surface area contributed by atoms with Crippen LogP contribution in [0.4, 0.5) is 5.00 Å². The van der Waals surface area contributed by atoms with E-state index in [1.165, 1.54) is 11.3 Å². The molecule has 5 nitrogen and oxygen atoms in total. The van der Waals surface area contributed by atoms with E-state index in [0.29, 0.717) is 29.3 Å². The number of aryl methyl sites for hydroxylation is 2. The van der Waals surface area contributed by atoms with Gasteiger partial charge in [-0.3, -0.25) is 4.79 Å². The van der Waals surface area contributed by atoms with Gasteiger partial charge in [0.2, 0.25) is 5.91 Å². The highest BCUT2D eigenvalue weighted by Crippen LogP contribution is 2.27. The molecule has 0 saturated carbocycles. The second kappa shape index (κ2) is 7.08. The van der Waals surface area contributed by atoms with Crippen LogP contribution in [0, 0.1) is 6.92 Å². The second-order valence-electron chi connectivity index (χ2n) is 4.47. The third kappa shape index (κ3) is 4.19. The highest BCUT2D eigenvalue weighted by molar-refractivity contribution is 7.18. The number of furan rings is 1. The Kier molecular flexibility index (Phi) is 5.16. The van der Waals surface area contributed by atoms with Crippen molar-refractivity contribution in [1.82, 2.24) is 0 Å². The van der Waals surface area contributed by atoms with Crippen molar-refractivity contribution >= 4 is 28.2 Å². The van der Waals surface area contributed by atoms with Gasteiger partial charge in [-0.1, -0.05) is 0 Å². The number of carbonyl (C=O) groups is 2. The lowest BCUT2D eigenvalue weighted by Crippen LogP contribution is -2.11. The number of hydrogen-bond donors (Lipinski definition) is 1. The van der Waals surface area contributed by atoms with E-state index in [0.717, 1.165) is 11.3 Å². The predicted octanol–water partition coefficient (Wildman–Crippen LogP) is 3.40. The van der Waals surface area contributed by atoms with Gasteiger partial charge in [0.15, 0.2) is 0 Å². The molecule has 0 atom stereocenters. The zero-order chi connectivity index (χ0) is 15.2. The molecule has 0 saturated heterocycles. The molecule has 0 radical (unpaired) electrons. The molecule has 2 aromatic rings. The second-order valence-corrected chi connectivity index (χ2v) is 5.52. The van der Waals surface area contributed by atoms with Gasteiger partial charge in [0.05, 0.1) is 17.9 Å². The van der Waals surface area contributed by atoms with Crippen LogP contribution in [0.5, 0.6) is 0 Å². The Morgan fingerprint density at radius 1 is 1.43 bits per heavy atom. The molecule has 21 heavy (non-hydrogen) atoms. The maximum absolute atomic E-state index is 11.9. The minimum atomic E-state index is -0.351. The van der Waals surface area contributed by atoms with E-state index < -0.39 is 0 Å². The number of nitrogens with one attached hydrogen (secondary N) is 1. The van der Waals surface area contributed by atoms with Gasteiger partial charge < -0.3 is 14.5 Å². The fourth-order valence-corrected chi connectivity index (χ4v) is 2.82. The lowest BCUT2D eigenvalue weighted by Gasteiger charge is -2.01. The molecule has 2 rings (SSSR count). The first-order valence-corrected chi connectivity index (χ1v) is 7.51. The van der Waals surface area contributed by atoms with Crippen molar-refractivity contribution in [2.24, 2.45) is 0 Å². The molecule has 6 heteroatoms. The van der Waals surface area contributed by atoms with Gasteiger partial charge in [0, 0.05) is 12.8 Å². The Hall–Kier alpha value is -2.08. The molecule has 0 aromatic carbocycles. The summed E-state index contributed by atoms with van der Waals surface area (Å²) in [4.78, 5) is 24.1. The minimum absolute atomic E-state index is 0.108. The highest BCUT2D eigenvalue weighted by Gasteiger charge is 2.15. The van der Waals surface area contributed by atoms with Gasteiger partial charge in [-0.15, -0.1) is 11.3 Å². The van der Waals surface area contributed by atoms with Gasteiger partial charge in [-0.05, 0) is 37.6 Å². The summed E-state index contributed by atoms with van der Waals surface area (Å²) in [5.41, 5.74) is 0.805. The SMILES string of the molecule is CCOC(=O)c1sc(NC(=O)CCc2ccco2)cc1C. The van der Waals surface area contributed by atoms with Crippen molar-refractivity contribution in [3.63, 3.8) is 0 Å². The fraction of sp³-hybridized carbons (Fsp3) is 0.333. The first kappa shape index (κ1) is 15.3. The zero-order valence-electron chi connectivity index (χ0n) is 12.0. The van der Waals surface area contributed by atoms with Crippen LogP contribution >= 0.6 is 11.3 Å². The Bertz CT molecular complexity index is 616. The van der Waals surface area contributed by atoms with Crippen molar-refractivity contribution in [1.29, 1.82) is 0 Å². The van der Waals surface area contributed by atoms with Gasteiger partial charge in [0.25, 0.3) is 0 Å². The maximum atomic E-state index is 11.9. The van der Waals surface area contributed by atoms with Crippen molar-refractivity contribution < 1.29 is 18.7 Å². The molecule has 2 heterocycles. The summed E-state index contributed by atoms with van der Waals surface area (Å²) in [5, 5.41) is 3.45. The number of thiophene rings is 1. The molecular weight excluding hydrogens is 290 g/mol. The highest BCUT2D eigenvalue weighted by atomic mass is 32.1. The Labute approximate surface area is 126 Å². The van der Waals surface area contributed by atoms with Gasteiger partial charge >= 0.3 is 5.97 Å². The number of anilines is 1. The molecule has 1 N–H and O–H groups in total. The molecule has 0 fully saturated rings. The monoisotopic (exact) mass is 307 g/mol. The van der Waals surface area contributed by atoms with Crippen LogP contribution in [0.3, 0.4) is 0 Å². The first-order valence-electron chi connectivity index (χ1n) is 6.70. The third-order valence-electron chi connectivity index (χ3n) is 2.82. The molecule has 0 bridgehead atoms. The number of esters is 1. The lowest BCUT2D eigenvalue weighted by atomic mass is 10.2. The van der Waals surface area contributed by atoms with Gasteiger partial charge in [-0.2, -0.15) is 0 Å². The summed E-state index contributed by atoms with van der Waals surface area (Å²) in [6.07, 6.45) is 2.47. The predicted molar refractivity (Wildman–Crippen MR) is 80.7 cm³/mol. The number of amides is 1. The normalized spacial score (nSPS) is 10.4. The number of hydrogen-bond acceptors (Lipinski definition) is 5. The van der Waals surface area contributed by atoms with Crippen molar-refractivity contribution in [3.05, 3.63) is 40.7 Å². The standard InChI is InChI=1S/C15H17NO4S/c1-3-19-15(18)14-10(2)9-13(21-14)16-12(17)7-6-11-5-4-8-20-11/h4-5,8-9H,3,6-7H2,1-2H3,(H,16,17). The van der Waals surface area contributed by atoms with E-state index >= 15 is 0 Å². The van der Waals surface area contributed by atoms with Crippen molar-refractivity contribution in [2.45, 2.75) is 26.7 Å². The van der Waals surface area contributed by atoms with E-state index in [4.69, 9.17) is 9.15 Å². The summed E-state index contributed by atoms with van der Waals surface area (Å²) in [6.45, 7) is 3.92. The molecule has 0 aliphatic rings. The van der Waals surface area contributed by atoms with E-state index in [9.17, 15) is 9.59 Å². The summed E-state index contributed by atoms with van der Waals surface area (Å²) in [5.74, 6) is 0.318. The van der Waals surface area contributed by atoms with Crippen molar-refractivity contribution in [2.75, 3.05) is 11.9 Å². The number of carbonyl (C=O) groups excluding carboxylic acids is 2. The lowest BCUT2D eigenvalue weighted by molar-refractivity contribution is -0.116. The molecule has 0 aliphatic heterocycles. The maximum Gasteiger partial charge on any atom is 0.348 e. The molecule has 0 spiro atoms. The Balaban J connectivity index is 1.92. The van der Waals surface area contributed by atoms with Gasteiger partial charge in [0.1, 0.15) is 10.6 Å². The smallest absolute Gasteiger partial charge is 0.348 e. The number of rotatable bonds is 6. The van der Waals surface area contributed by atoms with E-state index in [1.54, 1.807) is 25.3 Å². The topological polar surface area (TPSA) is 68.5 Å². The van der Waals surface area contributed by atoms with Crippen LogP contribution < -0.4 is 5.32 Å². The average molecular weight is 307 g/mol. The summed E-state index contributed by atoms with van der Waals surface area (Å²) < 4.78 is 10.1. The summed E-state index contributed by atoms with van der Waals surface area (Å²) in [6, 6.07) is 5.41. The molecular formula is C15H17NO4S. The summed E-state index contributed by atoms with van der Waals surface area (Å²) in [7, 11) is 0. The van der Waals surface area contributed by atoms with E-state index in [1.807, 2.05) is 13.0 Å². The molecule has 0 unspecified atom stereocenters. The van der Waals surface area contributed by atoms with Crippen LogP contribution in [0.1, 0.15) is 34.3 Å². The van der Waals surface area contributed by atoms with Crippen LogP contribution in [-0.4, -0.2) is 18.5 Å². The molecule has 1 amide bonds. The third-order valence-corrected chi connectivity index (χ3v) is 3.95. The Morgan fingerprint density at radius 3 is 2.90 bits per heavy atom. The molecule has 2 aromatic heterocycles. The molecule has 112 valence electrons. The van der Waals surface area contributed by atoms with Gasteiger partial charge in [-0.25, -0.2) is 4.79 Å².